The second-order valence-corrected chi connectivity index (χ2v) is 4.85. The van der Waals surface area contributed by atoms with Crippen LogP contribution in [0, 0.1) is 6.92 Å². The average Bonchev–Trinajstić information content (AvgIpc) is 2.95. The van der Waals surface area contributed by atoms with E-state index >= 15 is 0 Å². The van der Waals surface area contributed by atoms with Gasteiger partial charge in [-0.2, -0.15) is 0 Å². The minimum Gasteiger partial charge on any atom is -0.493 e. The van der Waals surface area contributed by atoms with E-state index in [0.717, 1.165) is 17.4 Å². The lowest BCUT2D eigenvalue weighted by molar-refractivity contribution is 0.112. The quantitative estimate of drug-likeness (QED) is 0.692. The van der Waals surface area contributed by atoms with Crippen LogP contribution in [0.4, 0.5) is 0 Å². The molecule has 0 bridgehead atoms. The minimum atomic E-state index is 0.606. The monoisotopic (exact) mass is 297 g/mol. The average molecular weight is 297 g/mol. The second-order valence-electron chi connectivity index (χ2n) is 4.85. The fourth-order valence-corrected chi connectivity index (χ4v) is 2.34. The van der Waals surface area contributed by atoms with E-state index in [-0.39, 0.29) is 0 Å². The Labute approximate surface area is 127 Å². The van der Waals surface area contributed by atoms with Gasteiger partial charge in [-0.15, -0.1) is 10.2 Å². The van der Waals surface area contributed by atoms with Gasteiger partial charge in [-0.1, -0.05) is 0 Å². The number of methoxy groups -OCH3 is 2. The van der Waals surface area contributed by atoms with Gasteiger partial charge in [0.15, 0.2) is 29.3 Å². The molecule has 6 heteroatoms. The summed E-state index contributed by atoms with van der Waals surface area (Å²) < 4.78 is 12.3. The molecular formula is C16H15N3O3. The van der Waals surface area contributed by atoms with Gasteiger partial charge in [0, 0.05) is 17.3 Å². The van der Waals surface area contributed by atoms with E-state index in [1.165, 1.54) is 0 Å². The SMILES string of the molecule is COc1ccc(-c2nnc3cc(C)c(C=O)cn23)cc1OC. The molecule has 0 N–H and O–H groups in total. The van der Waals surface area contributed by atoms with E-state index in [1.54, 1.807) is 24.8 Å². The van der Waals surface area contributed by atoms with Gasteiger partial charge in [0.2, 0.25) is 0 Å². The summed E-state index contributed by atoms with van der Waals surface area (Å²) >= 11 is 0. The number of aldehydes is 1. The maximum absolute atomic E-state index is 11.1. The molecule has 0 radical (unpaired) electrons. The molecular weight excluding hydrogens is 282 g/mol. The zero-order chi connectivity index (χ0) is 15.7. The van der Waals surface area contributed by atoms with Crippen LogP contribution < -0.4 is 9.47 Å². The molecule has 3 aromatic rings. The number of benzene rings is 1. The van der Waals surface area contributed by atoms with Gasteiger partial charge < -0.3 is 9.47 Å². The molecule has 0 atom stereocenters. The number of carbonyl (C=O) groups is 1. The molecule has 22 heavy (non-hydrogen) atoms. The van der Waals surface area contributed by atoms with Crippen LogP contribution in [-0.2, 0) is 0 Å². The van der Waals surface area contributed by atoms with E-state index in [1.807, 2.05) is 31.2 Å². The van der Waals surface area contributed by atoms with Crippen LogP contribution in [0.5, 0.6) is 11.5 Å². The topological polar surface area (TPSA) is 65.7 Å². The Hall–Kier alpha value is -2.89. The molecule has 0 amide bonds. The van der Waals surface area contributed by atoms with Crippen molar-refractivity contribution in [1.82, 2.24) is 14.6 Å². The summed E-state index contributed by atoms with van der Waals surface area (Å²) in [5.41, 5.74) is 2.99. The fourth-order valence-electron chi connectivity index (χ4n) is 2.34. The van der Waals surface area contributed by atoms with Crippen LogP contribution in [-0.4, -0.2) is 35.1 Å². The predicted octanol–water partition coefficient (Wildman–Crippen LogP) is 2.53. The Morgan fingerprint density at radius 3 is 2.55 bits per heavy atom. The molecule has 0 fully saturated rings. The lowest BCUT2D eigenvalue weighted by Gasteiger charge is -2.09. The first-order chi connectivity index (χ1) is 10.7. The van der Waals surface area contributed by atoms with Crippen LogP contribution in [0.3, 0.4) is 0 Å². The van der Waals surface area contributed by atoms with Crippen molar-refractivity contribution in [1.29, 1.82) is 0 Å². The van der Waals surface area contributed by atoms with Crippen LogP contribution in [0.2, 0.25) is 0 Å². The summed E-state index contributed by atoms with van der Waals surface area (Å²) in [6, 6.07) is 7.35. The van der Waals surface area contributed by atoms with Crippen molar-refractivity contribution >= 4 is 11.9 Å². The summed E-state index contributed by atoms with van der Waals surface area (Å²) in [7, 11) is 3.17. The first kappa shape index (κ1) is 14.1. The predicted molar refractivity (Wildman–Crippen MR) is 81.7 cm³/mol. The number of aromatic nitrogens is 3. The number of pyridine rings is 1. The number of nitrogens with zero attached hydrogens (tertiary/aromatic N) is 3. The number of rotatable bonds is 4. The third kappa shape index (κ3) is 2.18. The first-order valence-corrected chi connectivity index (χ1v) is 6.71. The summed E-state index contributed by atoms with van der Waals surface area (Å²) in [6.07, 6.45) is 2.57. The Kier molecular flexibility index (Phi) is 3.50. The molecule has 3 rings (SSSR count). The number of ether oxygens (including phenoxy) is 2. The van der Waals surface area contributed by atoms with E-state index in [0.29, 0.717) is 28.5 Å². The zero-order valence-corrected chi connectivity index (χ0v) is 12.5. The van der Waals surface area contributed by atoms with Gasteiger partial charge in [-0.25, -0.2) is 0 Å². The smallest absolute Gasteiger partial charge is 0.168 e. The molecule has 6 nitrogen and oxygen atoms in total. The van der Waals surface area contributed by atoms with Crippen molar-refractivity contribution in [3.05, 3.63) is 41.6 Å². The van der Waals surface area contributed by atoms with Gasteiger partial charge in [-0.05, 0) is 36.8 Å². The van der Waals surface area contributed by atoms with Gasteiger partial charge in [0.1, 0.15) is 0 Å². The number of fused-ring (bicyclic) bond motifs is 1. The van der Waals surface area contributed by atoms with Crippen molar-refractivity contribution in [2.45, 2.75) is 6.92 Å². The highest BCUT2D eigenvalue weighted by atomic mass is 16.5. The molecule has 2 aromatic heterocycles. The zero-order valence-electron chi connectivity index (χ0n) is 12.5. The molecule has 0 aliphatic carbocycles. The van der Waals surface area contributed by atoms with E-state index in [2.05, 4.69) is 10.2 Å². The standard InChI is InChI=1S/C16H15N3O3/c1-10-6-15-17-18-16(19(15)8-12(10)9-20)11-4-5-13(21-2)14(7-11)22-3/h4-9H,1-3H3. The summed E-state index contributed by atoms with van der Waals surface area (Å²) in [5.74, 6) is 1.89. The van der Waals surface area contributed by atoms with E-state index < -0.39 is 0 Å². The molecule has 112 valence electrons. The van der Waals surface area contributed by atoms with Gasteiger partial charge >= 0.3 is 0 Å². The first-order valence-electron chi connectivity index (χ1n) is 6.71. The number of aryl methyl sites for hydroxylation is 1. The normalized spacial score (nSPS) is 10.7. The molecule has 0 aliphatic rings. The molecule has 0 aliphatic heterocycles. The summed E-state index contributed by atoms with van der Waals surface area (Å²) in [4.78, 5) is 11.1. The maximum Gasteiger partial charge on any atom is 0.168 e. The van der Waals surface area contributed by atoms with Crippen LogP contribution in [0.15, 0.2) is 30.5 Å². The Morgan fingerprint density at radius 1 is 1.09 bits per heavy atom. The van der Waals surface area contributed by atoms with Crippen molar-refractivity contribution in [3.8, 4) is 22.9 Å². The molecule has 0 saturated carbocycles. The molecule has 0 unspecified atom stereocenters. The molecule has 0 saturated heterocycles. The number of hydrogen-bond donors (Lipinski definition) is 0. The molecule has 2 heterocycles. The van der Waals surface area contributed by atoms with Gasteiger partial charge in [-0.3, -0.25) is 9.20 Å². The highest BCUT2D eigenvalue weighted by Gasteiger charge is 2.13. The van der Waals surface area contributed by atoms with Gasteiger partial charge in [0.25, 0.3) is 0 Å². The third-order valence-electron chi connectivity index (χ3n) is 3.56. The van der Waals surface area contributed by atoms with Crippen LogP contribution in [0.25, 0.3) is 17.0 Å². The Morgan fingerprint density at radius 2 is 1.86 bits per heavy atom. The van der Waals surface area contributed by atoms with Crippen LogP contribution >= 0.6 is 0 Å². The number of hydrogen-bond acceptors (Lipinski definition) is 5. The summed E-state index contributed by atoms with van der Waals surface area (Å²) in [5, 5.41) is 8.37. The highest BCUT2D eigenvalue weighted by Crippen LogP contribution is 2.31. The van der Waals surface area contributed by atoms with Crippen molar-refractivity contribution in [2.24, 2.45) is 0 Å². The Balaban J connectivity index is 2.20. The third-order valence-corrected chi connectivity index (χ3v) is 3.56. The van der Waals surface area contributed by atoms with Crippen molar-refractivity contribution < 1.29 is 14.3 Å². The van der Waals surface area contributed by atoms with Crippen molar-refractivity contribution in [3.63, 3.8) is 0 Å². The fraction of sp³-hybridized carbons (Fsp3) is 0.188. The lowest BCUT2D eigenvalue weighted by atomic mass is 10.1. The van der Waals surface area contributed by atoms with Crippen molar-refractivity contribution in [2.75, 3.05) is 14.2 Å². The highest BCUT2D eigenvalue weighted by molar-refractivity contribution is 5.78. The maximum atomic E-state index is 11.1. The number of carbonyl (C=O) groups excluding carboxylic acids is 1. The second kappa shape index (κ2) is 5.48. The summed E-state index contributed by atoms with van der Waals surface area (Å²) in [6.45, 7) is 1.87. The van der Waals surface area contributed by atoms with E-state index in [9.17, 15) is 4.79 Å². The Bertz CT molecular complexity index is 855. The minimum absolute atomic E-state index is 0.606. The lowest BCUT2D eigenvalue weighted by Crippen LogP contribution is -1.96. The molecule has 0 spiro atoms. The van der Waals surface area contributed by atoms with Gasteiger partial charge in [0.05, 0.1) is 14.2 Å². The largest absolute Gasteiger partial charge is 0.493 e. The van der Waals surface area contributed by atoms with E-state index in [4.69, 9.17) is 9.47 Å². The van der Waals surface area contributed by atoms with Crippen LogP contribution in [0.1, 0.15) is 15.9 Å². The molecule has 1 aromatic carbocycles.